The molecule has 0 radical (unpaired) electrons. The maximum absolute atomic E-state index is 11.9. The third-order valence-electron chi connectivity index (χ3n) is 2.94. The van der Waals surface area contributed by atoms with Crippen LogP contribution in [0.2, 0.25) is 5.02 Å². The summed E-state index contributed by atoms with van der Waals surface area (Å²) in [5.74, 6) is -1.25. The second kappa shape index (κ2) is 5.01. The molecule has 0 spiro atoms. The highest BCUT2D eigenvalue weighted by molar-refractivity contribution is 6.34. The van der Waals surface area contributed by atoms with Crippen molar-refractivity contribution < 1.29 is 14.7 Å². The van der Waals surface area contributed by atoms with Crippen LogP contribution in [0, 0.1) is 0 Å². The van der Waals surface area contributed by atoms with E-state index in [4.69, 9.17) is 16.7 Å². The van der Waals surface area contributed by atoms with Crippen LogP contribution < -0.4 is 0 Å². The van der Waals surface area contributed by atoms with Gasteiger partial charge < -0.3 is 9.67 Å². The second-order valence-electron chi connectivity index (χ2n) is 4.29. The number of aromatic carboxylic acids is 1. The van der Waals surface area contributed by atoms with Crippen molar-refractivity contribution in [1.29, 1.82) is 0 Å². The molecule has 0 aliphatic heterocycles. The van der Waals surface area contributed by atoms with Gasteiger partial charge in [0.15, 0.2) is 5.78 Å². The number of ketones is 1. The Morgan fingerprint density at radius 3 is 2.68 bits per heavy atom. The minimum Gasteiger partial charge on any atom is -0.475 e. The number of nitrogens with zero attached hydrogens (tertiary/aromatic N) is 2. The lowest BCUT2D eigenvalue weighted by atomic mass is 10.1. The van der Waals surface area contributed by atoms with Gasteiger partial charge in [-0.1, -0.05) is 18.5 Å². The third kappa shape index (κ3) is 2.33. The van der Waals surface area contributed by atoms with Crippen LogP contribution in [0.3, 0.4) is 0 Å². The normalized spacial score (nSPS) is 10.9. The lowest BCUT2D eigenvalue weighted by Crippen LogP contribution is -2.05. The number of fused-ring (bicyclic) bond motifs is 1. The number of carboxylic acid groups (broad SMARTS) is 1. The molecule has 19 heavy (non-hydrogen) atoms. The zero-order chi connectivity index (χ0) is 14.2. The van der Waals surface area contributed by atoms with E-state index in [1.807, 2.05) is 6.92 Å². The summed E-state index contributed by atoms with van der Waals surface area (Å²) in [6.07, 6.45) is 1.14. The number of benzene rings is 1. The first-order valence-electron chi connectivity index (χ1n) is 5.88. The minimum absolute atomic E-state index is 0.0584. The van der Waals surface area contributed by atoms with Gasteiger partial charge in [-0.05, 0) is 18.6 Å². The molecule has 0 bridgehead atoms. The number of rotatable bonds is 4. The van der Waals surface area contributed by atoms with Gasteiger partial charge in [0.2, 0.25) is 5.82 Å². The van der Waals surface area contributed by atoms with Gasteiger partial charge in [0, 0.05) is 19.0 Å². The Balaban J connectivity index is 2.63. The van der Waals surface area contributed by atoms with Crippen molar-refractivity contribution in [1.82, 2.24) is 9.55 Å². The number of hydrogen-bond acceptors (Lipinski definition) is 3. The summed E-state index contributed by atoms with van der Waals surface area (Å²) in [6.45, 7) is 1.91. The molecule has 0 saturated carbocycles. The number of imidazole rings is 1. The summed E-state index contributed by atoms with van der Waals surface area (Å²) < 4.78 is 1.44. The number of halogens is 1. The van der Waals surface area contributed by atoms with E-state index >= 15 is 0 Å². The van der Waals surface area contributed by atoms with E-state index in [1.165, 1.54) is 4.57 Å². The summed E-state index contributed by atoms with van der Waals surface area (Å²) in [7, 11) is 1.60. The van der Waals surface area contributed by atoms with Crippen LogP contribution in [-0.4, -0.2) is 26.4 Å². The molecule has 0 atom stereocenters. The monoisotopic (exact) mass is 280 g/mol. The predicted octanol–water partition coefficient (Wildman–Crippen LogP) is 2.91. The van der Waals surface area contributed by atoms with Crippen molar-refractivity contribution in [3.05, 3.63) is 28.5 Å². The molecular formula is C13H13ClN2O3. The summed E-state index contributed by atoms with van der Waals surface area (Å²) in [4.78, 5) is 26.9. The van der Waals surface area contributed by atoms with E-state index in [0.29, 0.717) is 28.0 Å². The smallest absolute Gasteiger partial charge is 0.372 e. The first-order chi connectivity index (χ1) is 8.95. The lowest BCUT2D eigenvalue weighted by molar-refractivity contribution is 0.0680. The van der Waals surface area contributed by atoms with Crippen LogP contribution in [0.4, 0.5) is 0 Å². The Bertz CT molecular complexity index is 676. The zero-order valence-electron chi connectivity index (χ0n) is 10.6. The summed E-state index contributed by atoms with van der Waals surface area (Å²) in [6, 6.07) is 3.14. The Morgan fingerprint density at radius 1 is 1.42 bits per heavy atom. The average molecular weight is 281 g/mol. The SMILES string of the molecule is CCCC(=O)c1cc2nc(C(=O)O)n(C)c2cc1Cl. The molecule has 100 valence electrons. The number of carboxylic acids is 1. The van der Waals surface area contributed by atoms with Crippen LogP contribution in [0.25, 0.3) is 11.0 Å². The van der Waals surface area contributed by atoms with Gasteiger partial charge in [-0.3, -0.25) is 4.79 Å². The van der Waals surface area contributed by atoms with Crippen molar-refractivity contribution in [2.24, 2.45) is 7.05 Å². The lowest BCUT2D eigenvalue weighted by Gasteiger charge is -2.03. The van der Waals surface area contributed by atoms with E-state index < -0.39 is 5.97 Å². The Kier molecular flexibility index (Phi) is 3.57. The molecular weight excluding hydrogens is 268 g/mol. The van der Waals surface area contributed by atoms with Crippen molar-refractivity contribution in [2.75, 3.05) is 0 Å². The van der Waals surface area contributed by atoms with Gasteiger partial charge in [-0.25, -0.2) is 9.78 Å². The largest absolute Gasteiger partial charge is 0.475 e. The molecule has 0 amide bonds. The summed E-state index contributed by atoms with van der Waals surface area (Å²) in [5.41, 5.74) is 1.45. The van der Waals surface area contributed by atoms with Crippen LogP contribution in [0.1, 0.15) is 40.7 Å². The number of aryl methyl sites for hydroxylation is 1. The molecule has 0 unspecified atom stereocenters. The van der Waals surface area contributed by atoms with E-state index in [-0.39, 0.29) is 11.6 Å². The fourth-order valence-corrected chi connectivity index (χ4v) is 2.24. The van der Waals surface area contributed by atoms with Crippen molar-refractivity contribution in [3.8, 4) is 0 Å². The standard InChI is InChI=1S/C13H13ClN2O3/c1-3-4-11(17)7-5-9-10(6-8(7)14)16(2)12(15-9)13(18)19/h5-6H,3-4H2,1-2H3,(H,18,19). The number of aromatic nitrogens is 2. The molecule has 0 saturated heterocycles. The fraction of sp³-hybridized carbons (Fsp3) is 0.308. The van der Waals surface area contributed by atoms with Gasteiger partial charge >= 0.3 is 5.97 Å². The van der Waals surface area contributed by atoms with Crippen molar-refractivity contribution in [2.45, 2.75) is 19.8 Å². The molecule has 2 rings (SSSR count). The Labute approximate surface area is 114 Å². The molecule has 0 aliphatic rings. The Hall–Kier alpha value is -1.88. The maximum Gasteiger partial charge on any atom is 0.372 e. The number of carbonyl (C=O) groups excluding carboxylic acids is 1. The van der Waals surface area contributed by atoms with E-state index in [2.05, 4.69) is 4.98 Å². The van der Waals surface area contributed by atoms with Gasteiger partial charge in [0.05, 0.1) is 16.1 Å². The number of carbonyl (C=O) groups is 2. The van der Waals surface area contributed by atoms with Crippen LogP contribution in [0.5, 0.6) is 0 Å². The molecule has 0 fully saturated rings. The highest BCUT2D eigenvalue weighted by atomic mass is 35.5. The van der Waals surface area contributed by atoms with Crippen LogP contribution >= 0.6 is 11.6 Å². The van der Waals surface area contributed by atoms with E-state index in [1.54, 1.807) is 19.2 Å². The molecule has 1 N–H and O–H groups in total. The molecule has 6 heteroatoms. The van der Waals surface area contributed by atoms with Crippen molar-refractivity contribution in [3.63, 3.8) is 0 Å². The Morgan fingerprint density at radius 2 is 2.11 bits per heavy atom. The molecule has 5 nitrogen and oxygen atoms in total. The quantitative estimate of drug-likeness (QED) is 0.874. The minimum atomic E-state index is -1.11. The average Bonchev–Trinajstić information content (AvgIpc) is 2.66. The molecule has 1 aromatic heterocycles. The number of Topliss-reactive ketones (excluding diaryl/α,β-unsaturated/α-hetero) is 1. The van der Waals surface area contributed by atoms with Crippen LogP contribution in [-0.2, 0) is 7.05 Å². The molecule has 1 heterocycles. The summed E-state index contributed by atoms with van der Waals surface area (Å²) >= 11 is 6.09. The van der Waals surface area contributed by atoms with Gasteiger partial charge in [0.25, 0.3) is 0 Å². The van der Waals surface area contributed by atoms with Gasteiger partial charge in [-0.15, -0.1) is 0 Å². The highest BCUT2D eigenvalue weighted by Gasteiger charge is 2.18. The maximum atomic E-state index is 11.9. The molecule has 0 aliphatic carbocycles. The highest BCUT2D eigenvalue weighted by Crippen LogP contribution is 2.25. The van der Waals surface area contributed by atoms with E-state index in [9.17, 15) is 9.59 Å². The summed E-state index contributed by atoms with van der Waals surface area (Å²) in [5, 5.41) is 9.34. The molecule has 1 aromatic carbocycles. The first-order valence-corrected chi connectivity index (χ1v) is 6.26. The first kappa shape index (κ1) is 13.5. The topological polar surface area (TPSA) is 72.2 Å². The van der Waals surface area contributed by atoms with Gasteiger partial charge in [0.1, 0.15) is 0 Å². The van der Waals surface area contributed by atoms with Gasteiger partial charge in [-0.2, -0.15) is 0 Å². The zero-order valence-corrected chi connectivity index (χ0v) is 11.4. The van der Waals surface area contributed by atoms with Crippen molar-refractivity contribution >= 4 is 34.4 Å². The molecule has 2 aromatic rings. The van der Waals surface area contributed by atoms with Crippen LogP contribution in [0.15, 0.2) is 12.1 Å². The predicted molar refractivity (Wildman–Crippen MR) is 71.9 cm³/mol. The number of hydrogen-bond donors (Lipinski definition) is 1. The van der Waals surface area contributed by atoms with E-state index in [0.717, 1.165) is 6.42 Å². The second-order valence-corrected chi connectivity index (χ2v) is 4.70. The third-order valence-corrected chi connectivity index (χ3v) is 3.25. The fourth-order valence-electron chi connectivity index (χ4n) is 1.98.